The molecule has 0 aromatic carbocycles. The van der Waals surface area contributed by atoms with Crippen molar-refractivity contribution in [1.29, 1.82) is 0 Å². The Morgan fingerprint density at radius 1 is 1.37 bits per heavy atom. The number of aliphatic imine (C=N–C) groups is 1. The Kier molecular flexibility index (Phi) is 5.17. The van der Waals surface area contributed by atoms with Gasteiger partial charge < -0.3 is 10.2 Å². The van der Waals surface area contributed by atoms with Gasteiger partial charge in [-0.25, -0.2) is 14.6 Å². The van der Waals surface area contributed by atoms with Gasteiger partial charge in [0.1, 0.15) is 0 Å². The Morgan fingerprint density at radius 2 is 2.11 bits per heavy atom. The number of urea groups is 1. The van der Waals surface area contributed by atoms with Gasteiger partial charge >= 0.3 is 6.03 Å². The predicted octanol–water partition coefficient (Wildman–Crippen LogP) is 2.72. The van der Waals surface area contributed by atoms with Gasteiger partial charge in [-0.2, -0.15) is 5.10 Å². The monoisotopic (exact) mass is 373 g/mol. The number of carbonyl (C=O) groups is 1. The normalized spacial score (nSPS) is 26.9. The van der Waals surface area contributed by atoms with Crippen LogP contribution >= 0.6 is 0 Å². The summed E-state index contributed by atoms with van der Waals surface area (Å²) in [7, 11) is 1.94. The van der Waals surface area contributed by atoms with Crippen molar-refractivity contribution >= 4 is 12.1 Å². The van der Waals surface area contributed by atoms with Crippen LogP contribution in [0.1, 0.15) is 57.0 Å². The minimum atomic E-state index is -0.0919. The molecule has 2 amide bonds. The quantitative estimate of drug-likeness (QED) is 0.653. The van der Waals surface area contributed by atoms with Crippen LogP contribution in [0.15, 0.2) is 4.99 Å². The zero-order valence-corrected chi connectivity index (χ0v) is 17.1. The molecule has 0 spiro atoms. The average molecular weight is 374 g/mol. The van der Waals surface area contributed by atoms with Gasteiger partial charge in [-0.15, -0.1) is 0 Å². The first kappa shape index (κ1) is 19.6. The van der Waals surface area contributed by atoms with Gasteiger partial charge in [0.25, 0.3) is 0 Å². The van der Waals surface area contributed by atoms with Crippen molar-refractivity contribution in [2.45, 2.75) is 66.0 Å². The summed E-state index contributed by atoms with van der Waals surface area (Å²) in [5.41, 5.74) is 3.47. The third kappa shape index (κ3) is 4.24. The van der Waals surface area contributed by atoms with E-state index in [1.54, 1.807) is 6.08 Å². The van der Waals surface area contributed by atoms with Crippen molar-refractivity contribution < 1.29 is 9.59 Å². The molecule has 1 aromatic rings. The molecule has 1 aliphatic carbocycles. The minimum absolute atomic E-state index is 0.0107. The molecule has 2 aliphatic rings. The third-order valence-corrected chi connectivity index (χ3v) is 6.03. The van der Waals surface area contributed by atoms with Crippen LogP contribution in [0.4, 0.5) is 4.79 Å². The van der Waals surface area contributed by atoms with Gasteiger partial charge in [0.15, 0.2) is 0 Å². The molecular weight excluding hydrogens is 342 g/mol. The van der Waals surface area contributed by atoms with Crippen LogP contribution in [0.2, 0.25) is 0 Å². The van der Waals surface area contributed by atoms with Gasteiger partial charge in [-0.05, 0) is 49.0 Å². The number of hydrogen-bond donors (Lipinski definition) is 1. The zero-order chi connectivity index (χ0) is 19.8. The van der Waals surface area contributed by atoms with E-state index in [9.17, 15) is 9.59 Å². The highest BCUT2D eigenvalue weighted by atomic mass is 16.2. The Morgan fingerprint density at radius 3 is 2.81 bits per heavy atom. The summed E-state index contributed by atoms with van der Waals surface area (Å²) >= 11 is 0. The van der Waals surface area contributed by atoms with E-state index in [4.69, 9.17) is 0 Å². The largest absolute Gasteiger partial charge is 0.335 e. The average Bonchev–Trinajstić information content (AvgIpc) is 2.85. The van der Waals surface area contributed by atoms with E-state index in [2.05, 4.69) is 36.2 Å². The van der Waals surface area contributed by atoms with Crippen LogP contribution in [0, 0.1) is 17.8 Å². The number of isocyanates is 1. The molecule has 148 valence electrons. The highest BCUT2D eigenvalue weighted by Crippen LogP contribution is 2.46. The summed E-state index contributed by atoms with van der Waals surface area (Å²) in [5.74, 6) is 0. The molecule has 7 nitrogen and oxygen atoms in total. The molecule has 1 aromatic heterocycles. The molecule has 7 heteroatoms. The lowest BCUT2D eigenvalue weighted by molar-refractivity contribution is 0.0773. The molecule has 1 saturated carbocycles. The van der Waals surface area contributed by atoms with E-state index in [0.29, 0.717) is 19.6 Å². The van der Waals surface area contributed by atoms with Crippen molar-refractivity contribution in [3.05, 3.63) is 17.0 Å². The third-order valence-electron chi connectivity index (χ3n) is 6.03. The molecule has 2 unspecified atom stereocenters. The lowest BCUT2D eigenvalue weighted by Gasteiger charge is -2.46. The fourth-order valence-electron chi connectivity index (χ4n) is 5.30. The SMILES string of the molecule is Cc1nn(C)c2c1CCN(C(=O)NC1CC(C)(C)CC(C)(CN=C=O)C1)C2. The van der Waals surface area contributed by atoms with Gasteiger partial charge in [-0.3, -0.25) is 4.68 Å². The molecule has 1 N–H and O–H groups in total. The molecule has 2 atom stereocenters. The molecule has 0 saturated heterocycles. The van der Waals surface area contributed by atoms with Gasteiger partial charge in [0, 0.05) is 19.6 Å². The van der Waals surface area contributed by atoms with Crippen LogP contribution in [0.25, 0.3) is 0 Å². The highest BCUT2D eigenvalue weighted by Gasteiger charge is 2.42. The Bertz CT molecular complexity index is 778. The van der Waals surface area contributed by atoms with E-state index in [0.717, 1.165) is 37.1 Å². The summed E-state index contributed by atoms with van der Waals surface area (Å²) in [5, 5.41) is 7.74. The molecule has 2 heterocycles. The predicted molar refractivity (Wildman–Crippen MR) is 103 cm³/mol. The number of nitrogens with zero attached hydrogens (tertiary/aromatic N) is 4. The maximum atomic E-state index is 12.9. The number of amides is 2. The first-order valence-electron chi connectivity index (χ1n) is 9.73. The van der Waals surface area contributed by atoms with Gasteiger partial charge in [0.2, 0.25) is 6.08 Å². The number of hydrogen-bond acceptors (Lipinski definition) is 4. The second-order valence-electron chi connectivity index (χ2n) is 9.42. The van der Waals surface area contributed by atoms with Crippen LogP contribution < -0.4 is 5.32 Å². The summed E-state index contributed by atoms with van der Waals surface area (Å²) in [4.78, 5) is 29.2. The smallest absolute Gasteiger partial charge is 0.317 e. The molecule has 27 heavy (non-hydrogen) atoms. The van der Waals surface area contributed by atoms with E-state index >= 15 is 0 Å². The van der Waals surface area contributed by atoms with E-state index in [1.165, 1.54) is 5.56 Å². The molecule has 0 bridgehead atoms. The number of aryl methyl sites for hydroxylation is 2. The van der Waals surface area contributed by atoms with Crippen molar-refractivity contribution in [2.75, 3.05) is 13.1 Å². The number of fused-ring (bicyclic) bond motifs is 1. The number of aromatic nitrogens is 2. The Labute approximate surface area is 161 Å². The first-order chi connectivity index (χ1) is 12.6. The standard InChI is InChI=1S/C20H31N5O2/c1-14-16-6-7-25(10-17(16)24(5)23-14)18(27)22-15-8-19(2,3)11-20(4,9-15)12-21-13-26/h15H,6-12H2,1-5H3,(H,22,27). The second kappa shape index (κ2) is 7.12. The summed E-state index contributed by atoms with van der Waals surface area (Å²) in [6, 6.07) is 0.0752. The maximum Gasteiger partial charge on any atom is 0.317 e. The van der Waals surface area contributed by atoms with Crippen molar-refractivity contribution in [1.82, 2.24) is 20.0 Å². The number of rotatable bonds is 3. The minimum Gasteiger partial charge on any atom is -0.335 e. The van der Waals surface area contributed by atoms with E-state index in [-0.39, 0.29) is 22.9 Å². The number of nitrogens with one attached hydrogen (secondary N) is 1. The highest BCUT2D eigenvalue weighted by molar-refractivity contribution is 5.75. The van der Waals surface area contributed by atoms with E-state index < -0.39 is 0 Å². The van der Waals surface area contributed by atoms with Crippen LogP contribution in [-0.4, -0.2) is 45.9 Å². The lowest BCUT2D eigenvalue weighted by Crippen LogP contribution is -2.52. The topological polar surface area (TPSA) is 79.6 Å². The molecule has 3 rings (SSSR count). The maximum absolute atomic E-state index is 12.9. The number of carbonyl (C=O) groups excluding carboxylic acids is 2. The molecule has 0 radical (unpaired) electrons. The fourth-order valence-corrected chi connectivity index (χ4v) is 5.30. The first-order valence-corrected chi connectivity index (χ1v) is 9.73. The second-order valence-corrected chi connectivity index (χ2v) is 9.42. The lowest BCUT2D eigenvalue weighted by atomic mass is 9.62. The fraction of sp³-hybridized carbons (Fsp3) is 0.750. The Balaban J connectivity index is 1.68. The van der Waals surface area contributed by atoms with E-state index in [1.807, 2.05) is 23.6 Å². The van der Waals surface area contributed by atoms with Crippen LogP contribution in [0.5, 0.6) is 0 Å². The van der Waals surface area contributed by atoms with Crippen molar-refractivity contribution in [3.63, 3.8) is 0 Å². The van der Waals surface area contributed by atoms with Crippen molar-refractivity contribution in [3.8, 4) is 0 Å². The molecular formula is C20H31N5O2. The van der Waals surface area contributed by atoms with Crippen LogP contribution in [-0.2, 0) is 24.8 Å². The van der Waals surface area contributed by atoms with Gasteiger partial charge in [-0.1, -0.05) is 20.8 Å². The summed E-state index contributed by atoms with van der Waals surface area (Å²) in [6.07, 6.45) is 5.26. The van der Waals surface area contributed by atoms with Crippen LogP contribution in [0.3, 0.4) is 0 Å². The zero-order valence-electron chi connectivity index (χ0n) is 17.1. The summed E-state index contributed by atoms with van der Waals surface area (Å²) < 4.78 is 1.89. The van der Waals surface area contributed by atoms with Gasteiger partial charge in [0.05, 0.1) is 24.5 Å². The molecule has 1 aliphatic heterocycles. The Hall–Kier alpha value is -2.14. The van der Waals surface area contributed by atoms with Crippen molar-refractivity contribution in [2.24, 2.45) is 22.9 Å². The summed E-state index contributed by atoms with van der Waals surface area (Å²) in [6.45, 7) is 10.4. The molecule has 1 fully saturated rings.